The molecular weight excluding hydrogens is 316 g/mol. The van der Waals surface area contributed by atoms with Crippen molar-refractivity contribution in [2.24, 2.45) is 4.99 Å². The van der Waals surface area contributed by atoms with Crippen LogP contribution in [0.5, 0.6) is 0 Å². The average Bonchev–Trinajstić information content (AvgIpc) is 3.04. The van der Waals surface area contributed by atoms with Crippen molar-refractivity contribution in [3.8, 4) is 0 Å². The molecule has 124 valence electrons. The number of amidine groups is 1. The lowest BCUT2D eigenvalue weighted by molar-refractivity contribution is 0.0860. The number of rotatable bonds is 3. The van der Waals surface area contributed by atoms with E-state index in [9.17, 15) is 4.79 Å². The molecule has 1 aliphatic heterocycles. The van der Waals surface area contributed by atoms with Crippen LogP contribution in [0.3, 0.4) is 0 Å². The maximum absolute atomic E-state index is 12.8. The molecule has 0 N–H and O–H groups in total. The van der Waals surface area contributed by atoms with Crippen molar-refractivity contribution in [3.05, 3.63) is 70.3 Å². The van der Waals surface area contributed by atoms with E-state index in [1.807, 2.05) is 36.1 Å². The molecule has 2 aromatic rings. The fourth-order valence-corrected chi connectivity index (χ4v) is 3.90. The van der Waals surface area contributed by atoms with Gasteiger partial charge < -0.3 is 0 Å². The van der Waals surface area contributed by atoms with Gasteiger partial charge in [0.2, 0.25) is 0 Å². The Hall–Kier alpha value is -2.07. The van der Waals surface area contributed by atoms with Crippen LogP contribution < -0.4 is 0 Å². The van der Waals surface area contributed by atoms with Crippen LogP contribution in [-0.2, 0) is 5.75 Å². The molecule has 0 saturated carbocycles. The fourth-order valence-electron chi connectivity index (χ4n) is 2.79. The maximum atomic E-state index is 12.8. The number of amides is 1. The van der Waals surface area contributed by atoms with Gasteiger partial charge >= 0.3 is 0 Å². The molecule has 2 aromatic carbocycles. The van der Waals surface area contributed by atoms with E-state index in [-0.39, 0.29) is 5.91 Å². The SMILES string of the molecule is Cc1ccc(C)c(CSC2=NCCN2C(=O)c2ccccc2C)c1. The van der Waals surface area contributed by atoms with Gasteiger partial charge in [-0.05, 0) is 43.5 Å². The lowest BCUT2D eigenvalue weighted by Gasteiger charge is -2.19. The summed E-state index contributed by atoms with van der Waals surface area (Å²) in [5.41, 5.74) is 5.62. The molecule has 0 aliphatic carbocycles. The second-order valence-electron chi connectivity index (χ2n) is 6.15. The van der Waals surface area contributed by atoms with Crippen LogP contribution in [0.2, 0.25) is 0 Å². The molecule has 0 bridgehead atoms. The molecule has 0 atom stereocenters. The van der Waals surface area contributed by atoms with Crippen molar-refractivity contribution in [1.29, 1.82) is 0 Å². The summed E-state index contributed by atoms with van der Waals surface area (Å²) >= 11 is 1.65. The van der Waals surface area contributed by atoms with Gasteiger partial charge in [-0.25, -0.2) is 0 Å². The molecule has 3 rings (SSSR count). The molecular formula is C20H22N2OS. The average molecular weight is 338 g/mol. The molecule has 0 aromatic heterocycles. The highest BCUT2D eigenvalue weighted by molar-refractivity contribution is 8.13. The van der Waals surface area contributed by atoms with Crippen molar-refractivity contribution in [2.45, 2.75) is 26.5 Å². The summed E-state index contributed by atoms with van der Waals surface area (Å²) in [6, 6.07) is 14.2. The second kappa shape index (κ2) is 7.22. The van der Waals surface area contributed by atoms with Crippen molar-refractivity contribution in [3.63, 3.8) is 0 Å². The zero-order valence-corrected chi connectivity index (χ0v) is 15.2. The summed E-state index contributed by atoms with van der Waals surface area (Å²) < 4.78 is 0. The Morgan fingerprint density at radius 2 is 1.92 bits per heavy atom. The van der Waals surface area contributed by atoms with E-state index < -0.39 is 0 Å². The number of carbonyl (C=O) groups excluding carboxylic acids is 1. The number of carbonyl (C=O) groups is 1. The van der Waals surface area contributed by atoms with Crippen LogP contribution in [-0.4, -0.2) is 29.1 Å². The summed E-state index contributed by atoms with van der Waals surface area (Å²) in [4.78, 5) is 19.2. The first-order valence-corrected chi connectivity index (χ1v) is 9.15. The Morgan fingerprint density at radius 3 is 2.71 bits per heavy atom. The Morgan fingerprint density at radius 1 is 1.12 bits per heavy atom. The number of benzene rings is 2. The Kier molecular flexibility index (Phi) is 5.05. The zero-order chi connectivity index (χ0) is 17.1. The zero-order valence-electron chi connectivity index (χ0n) is 14.4. The number of aryl methyl sites for hydroxylation is 3. The van der Waals surface area contributed by atoms with Crippen LogP contribution in [0.1, 0.15) is 32.6 Å². The van der Waals surface area contributed by atoms with E-state index in [2.05, 4.69) is 37.0 Å². The minimum Gasteiger partial charge on any atom is -0.286 e. The normalized spacial score (nSPS) is 14.0. The van der Waals surface area contributed by atoms with E-state index in [0.717, 1.165) is 22.0 Å². The van der Waals surface area contributed by atoms with Gasteiger partial charge in [-0.15, -0.1) is 0 Å². The van der Waals surface area contributed by atoms with Gasteiger partial charge in [-0.3, -0.25) is 14.7 Å². The van der Waals surface area contributed by atoms with E-state index in [1.54, 1.807) is 11.8 Å². The minimum atomic E-state index is 0.0535. The Labute approximate surface area is 147 Å². The third kappa shape index (κ3) is 3.54. The topological polar surface area (TPSA) is 32.7 Å². The van der Waals surface area contributed by atoms with Gasteiger partial charge in [-0.1, -0.05) is 53.7 Å². The van der Waals surface area contributed by atoms with Gasteiger partial charge in [-0.2, -0.15) is 0 Å². The summed E-state index contributed by atoms with van der Waals surface area (Å²) in [5, 5.41) is 0.837. The number of thioether (sulfide) groups is 1. The highest BCUT2D eigenvalue weighted by atomic mass is 32.2. The molecule has 0 fully saturated rings. The largest absolute Gasteiger partial charge is 0.286 e. The highest BCUT2D eigenvalue weighted by Gasteiger charge is 2.26. The fraction of sp³-hybridized carbons (Fsp3) is 0.300. The van der Waals surface area contributed by atoms with E-state index in [4.69, 9.17) is 0 Å². The van der Waals surface area contributed by atoms with Gasteiger partial charge in [0.1, 0.15) is 0 Å². The Bertz CT molecular complexity index is 798. The van der Waals surface area contributed by atoms with Gasteiger partial charge in [0.15, 0.2) is 5.17 Å². The summed E-state index contributed by atoms with van der Waals surface area (Å²) in [6.07, 6.45) is 0. The van der Waals surface area contributed by atoms with Crippen LogP contribution in [0.4, 0.5) is 0 Å². The third-order valence-electron chi connectivity index (χ3n) is 4.28. The molecule has 0 saturated heterocycles. The van der Waals surface area contributed by atoms with Gasteiger partial charge in [0.25, 0.3) is 5.91 Å². The molecule has 1 heterocycles. The standard InChI is InChI=1S/C20H22N2OS/c1-14-8-9-15(2)17(12-14)13-24-20-21-10-11-22(20)19(23)18-7-5-4-6-16(18)3/h4-9,12H,10-11,13H2,1-3H3. The predicted octanol–water partition coefficient (Wildman–Crippen LogP) is 4.36. The van der Waals surface area contributed by atoms with Crippen LogP contribution in [0, 0.1) is 20.8 Å². The number of aliphatic imine (C=N–C) groups is 1. The lowest BCUT2D eigenvalue weighted by atomic mass is 10.1. The second-order valence-corrected chi connectivity index (χ2v) is 7.10. The maximum Gasteiger partial charge on any atom is 0.260 e. The lowest BCUT2D eigenvalue weighted by Crippen LogP contribution is -2.33. The van der Waals surface area contributed by atoms with Gasteiger partial charge in [0, 0.05) is 17.9 Å². The molecule has 0 unspecified atom stereocenters. The quantitative estimate of drug-likeness (QED) is 0.833. The van der Waals surface area contributed by atoms with Crippen molar-refractivity contribution >= 4 is 22.8 Å². The Balaban J connectivity index is 1.73. The third-order valence-corrected chi connectivity index (χ3v) is 5.35. The first-order chi connectivity index (χ1) is 11.6. The minimum absolute atomic E-state index is 0.0535. The molecule has 1 amide bonds. The van der Waals surface area contributed by atoms with E-state index in [1.165, 1.54) is 16.7 Å². The molecule has 0 radical (unpaired) electrons. The monoisotopic (exact) mass is 338 g/mol. The summed E-state index contributed by atoms with van der Waals surface area (Å²) in [5.74, 6) is 0.891. The summed E-state index contributed by atoms with van der Waals surface area (Å²) in [6.45, 7) is 7.56. The van der Waals surface area contributed by atoms with Crippen molar-refractivity contribution in [1.82, 2.24) is 4.90 Å². The van der Waals surface area contributed by atoms with E-state index in [0.29, 0.717) is 13.1 Å². The molecule has 0 spiro atoms. The van der Waals surface area contributed by atoms with Crippen LogP contribution in [0.15, 0.2) is 47.5 Å². The smallest absolute Gasteiger partial charge is 0.260 e. The first-order valence-electron chi connectivity index (χ1n) is 8.17. The first kappa shape index (κ1) is 16.8. The molecule has 4 heteroatoms. The molecule has 24 heavy (non-hydrogen) atoms. The summed E-state index contributed by atoms with van der Waals surface area (Å²) in [7, 11) is 0. The van der Waals surface area contributed by atoms with Crippen molar-refractivity contribution in [2.75, 3.05) is 13.1 Å². The number of nitrogens with zero attached hydrogens (tertiary/aromatic N) is 2. The highest BCUT2D eigenvalue weighted by Crippen LogP contribution is 2.24. The van der Waals surface area contributed by atoms with E-state index >= 15 is 0 Å². The number of hydrogen-bond acceptors (Lipinski definition) is 3. The van der Waals surface area contributed by atoms with Crippen LogP contribution >= 0.6 is 11.8 Å². The molecule has 1 aliphatic rings. The van der Waals surface area contributed by atoms with Crippen molar-refractivity contribution < 1.29 is 4.79 Å². The predicted molar refractivity (Wildman–Crippen MR) is 102 cm³/mol. The number of hydrogen-bond donors (Lipinski definition) is 0. The van der Waals surface area contributed by atoms with Gasteiger partial charge in [0.05, 0.1) is 6.54 Å². The van der Waals surface area contributed by atoms with Crippen LogP contribution in [0.25, 0.3) is 0 Å². The molecule has 3 nitrogen and oxygen atoms in total.